The van der Waals surface area contributed by atoms with Crippen molar-refractivity contribution in [3.8, 4) is 0 Å². The third kappa shape index (κ3) is 4.07. The van der Waals surface area contributed by atoms with Gasteiger partial charge < -0.3 is 4.57 Å². The Balaban J connectivity index is 1.69. The highest BCUT2D eigenvalue weighted by Crippen LogP contribution is 2.29. The topological polar surface area (TPSA) is 56.1 Å². The van der Waals surface area contributed by atoms with Crippen molar-refractivity contribution in [3.05, 3.63) is 58.4 Å². The lowest BCUT2D eigenvalue weighted by Crippen LogP contribution is -2.14. The standard InChI is InChI=1S/C20H25NO3S2/c1-14-6-4-5-7-17(14)11-25-12-20(22)19-10-15(2)21(16(19)3)18-8-9-26(23,24)13-18/h4-7,10,18H,8-9,11-13H2,1-3H3/t18-/m1/s1. The van der Waals surface area contributed by atoms with Crippen LogP contribution in [0.5, 0.6) is 0 Å². The Hall–Kier alpha value is -1.53. The molecule has 1 aliphatic heterocycles. The summed E-state index contributed by atoms with van der Waals surface area (Å²) in [6, 6.07) is 10.1. The predicted molar refractivity (Wildman–Crippen MR) is 108 cm³/mol. The van der Waals surface area contributed by atoms with Crippen molar-refractivity contribution >= 4 is 27.4 Å². The monoisotopic (exact) mass is 391 g/mol. The molecule has 26 heavy (non-hydrogen) atoms. The Bertz CT molecular complexity index is 929. The normalized spacial score (nSPS) is 19.0. The maximum absolute atomic E-state index is 12.7. The fourth-order valence-electron chi connectivity index (χ4n) is 3.70. The minimum atomic E-state index is -2.95. The molecule has 6 heteroatoms. The molecule has 0 saturated carbocycles. The summed E-state index contributed by atoms with van der Waals surface area (Å²) in [5.41, 5.74) is 5.09. The Morgan fingerprint density at radius 1 is 1.23 bits per heavy atom. The second-order valence-electron chi connectivity index (χ2n) is 7.05. The van der Waals surface area contributed by atoms with E-state index in [1.165, 1.54) is 11.1 Å². The van der Waals surface area contributed by atoms with E-state index in [4.69, 9.17) is 0 Å². The number of rotatable bonds is 6. The van der Waals surface area contributed by atoms with Crippen LogP contribution in [0.1, 0.15) is 45.3 Å². The number of nitrogens with zero attached hydrogens (tertiary/aromatic N) is 1. The number of hydrogen-bond acceptors (Lipinski definition) is 4. The van der Waals surface area contributed by atoms with Crippen molar-refractivity contribution < 1.29 is 13.2 Å². The van der Waals surface area contributed by atoms with Gasteiger partial charge in [-0.1, -0.05) is 24.3 Å². The number of hydrogen-bond donors (Lipinski definition) is 0. The Kier molecular flexibility index (Phi) is 5.63. The van der Waals surface area contributed by atoms with Crippen molar-refractivity contribution in [2.75, 3.05) is 17.3 Å². The van der Waals surface area contributed by atoms with Crippen LogP contribution in [-0.2, 0) is 15.6 Å². The molecule has 1 aromatic carbocycles. The number of aromatic nitrogens is 1. The smallest absolute Gasteiger partial charge is 0.174 e. The van der Waals surface area contributed by atoms with Gasteiger partial charge in [-0.2, -0.15) is 0 Å². The van der Waals surface area contributed by atoms with Crippen LogP contribution in [0.25, 0.3) is 0 Å². The molecular formula is C20H25NO3S2. The minimum absolute atomic E-state index is 0.0406. The molecule has 1 atom stereocenters. The molecule has 1 saturated heterocycles. The molecule has 0 aliphatic carbocycles. The second kappa shape index (κ2) is 7.61. The molecule has 1 aliphatic rings. The Labute approximate surface area is 159 Å². The van der Waals surface area contributed by atoms with E-state index in [1.54, 1.807) is 11.8 Å². The van der Waals surface area contributed by atoms with E-state index in [9.17, 15) is 13.2 Å². The molecule has 0 radical (unpaired) electrons. The molecular weight excluding hydrogens is 366 g/mol. The third-order valence-electron chi connectivity index (χ3n) is 5.11. The van der Waals surface area contributed by atoms with Gasteiger partial charge in [0, 0.05) is 28.7 Å². The van der Waals surface area contributed by atoms with Gasteiger partial charge in [-0.05, 0) is 44.4 Å². The Morgan fingerprint density at radius 2 is 1.96 bits per heavy atom. The van der Waals surface area contributed by atoms with Gasteiger partial charge in [0.25, 0.3) is 0 Å². The van der Waals surface area contributed by atoms with E-state index < -0.39 is 9.84 Å². The summed E-state index contributed by atoms with van der Waals surface area (Å²) in [5.74, 6) is 1.78. The molecule has 0 N–H and O–H groups in total. The average molecular weight is 392 g/mol. The molecule has 3 rings (SSSR count). The number of carbonyl (C=O) groups excluding carboxylic acids is 1. The van der Waals surface area contributed by atoms with E-state index in [2.05, 4.69) is 19.1 Å². The van der Waals surface area contributed by atoms with Crippen molar-refractivity contribution in [1.29, 1.82) is 0 Å². The quantitative estimate of drug-likeness (QED) is 0.701. The maximum Gasteiger partial charge on any atom is 0.174 e. The van der Waals surface area contributed by atoms with Crippen molar-refractivity contribution in [3.63, 3.8) is 0 Å². The number of aryl methyl sites for hydroxylation is 2. The predicted octanol–water partition coefficient (Wildman–Crippen LogP) is 3.89. The van der Waals surface area contributed by atoms with Crippen molar-refractivity contribution in [1.82, 2.24) is 4.57 Å². The summed E-state index contributed by atoms with van der Waals surface area (Å²) in [4.78, 5) is 12.7. The van der Waals surface area contributed by atoms with Gasteiger partial charge >= 0.3 is 0 Å². The lowest BCUT2D eigenvalue weighted by Gasteiger charge is -2.16. The number of ketones is 1. The van der Waals surface area contributed by atoms with Crippen LogP contribution < -0.4 is 0 Å². The molecule has 140 valence electrons. The van der Waals surface area contributed by atoms with Gasteiger partial charge in [-0.15, -0.1) is 11.8 Å². The lowest BCUT2D eigenvalue weighted by molar-refractivity contribution is 0.102. The van der Waals surface area contributed by atoms with E-state index in [0.717, 1.165) is 22.7 Å². The lowest BCUT2D eigenvalue weighted by atomic mass is 10.1. The molecule has 1 aromatic heterocycles. The highest BCUT2D eigenvalue weighted by molar-refractivity contribution is 7.99. The number of sulfone groups is 1. The molecule has 0 amide bonds. The zero-order chi connectivity index (χ0) is 18.9. The summed E-state index contributed by atoms with van der Waals surface area (Å²) >= 11 is 1.62. The van der Waals surface area contributed by atoms with Gasteiger partial charge in [0.1, 0.15) is 0 Å². The van der Waals surface area contributed by atoms with Crippen LogP contribution in [-0.4, -0.2) is 36.0 Å². The van der Waals surface area contributed by atoms with E-state index in [0.29, 0.717) is 12.2 Å². The number of Topliss-reactive ketones (excluding diaryl/α,β-unsaturated/α-hetero) is 1. The van der Waals surface area contributed by atoms with E-state index in [1.807, 2.05) is 36.6 Å². The van der Waals surface area contributed by atoms with Gasteiger partial charge in [0.05, 0.1) is 17.3 Å². The summed E-state index contributed by atoms with van der Waals surface area (Å²) in [6.45, 7) is 5.97. The molecule has 4 nitrogen and oxygen atoms in total. The molecule has 0 bridgehead atoms. The molecule has 1 fully saturated rings. The van der Waals surface area contributed by atoms with Crippen molar-refractivity contribution in [2.45, 2.75) is 39.0 Å². The summed E-state index contributed by atoms with van der Waals surface area (Å²) in [5, 5.41) is 0. The number of carbonyl (C=O) groups is 1. The van der Waals surface area contributed by atoms with Crippen LogP contribution in [0.4, 0.5) is 0 Å². The number of thioether (sulfide) groups is 1. The van der Waals surface area contributed by atoms with Crippen LogP contribution in [0.2, 0.25) is 0 Å². The maximum atomic E-state index is 12.7. The molecule has 0 spiro atoms. The highest BCUT2D eigenvalue weighted by atomic mass is 32.2. The molecule has 0 unspecified atom stereocenters. The Morgan fingerprint density at radius 3 is 2.62 bits per heavy atom. The zero-order valence-corrected chi connectivity index (χ0v) is 17.1. The largest absolute Gasteiger partial charge is 0.344 e. The van der Waals surface area contributed by atoms with E-state index in [-0.39, 0.29) is 23.3 Å². The van der Waals surface area contributed by atoms with E-state index >= 15 is 0 Å². The zero-order valence-electron chi connectivity index (χ0n) is 15.5. The first-order chi connectivity index (χ1) is 12.3. The van der Waals surface area contributed by atoms with Gasteiger partial charge in [-0.25, -0.2) is 8.42 Å². The highest BCUT2D eigenvalue weighted by Gasteiger charge is 2.31. The minimum Gasteiger partial charge on any atom is -0.344 e. The van der Waals surface area contributed by atoms with Gasteiger partial charge in [0.15, 0.2) is 15.6 Å². The van der Waals surface area contributed by atoms with Crippen molar-refractivity contribution in [2.24, 2.45) is 0 Å². The number of benzene rings is 1. The fraction of sp³-hybridized carbons (Fsp3) is 0.450. The first kappa shape index (κ1) is 19.2. The molecule has 2 aromatic rings. The first-order valence-electron chi connectivity index (χ1n) is 8.83. The summed E-state index contributed by atoms with van der Waals surface area (Å²) < 4.78 is 25.6. The third-order valence-corrected chi connectivity index (χ3v) is 7.84. The molecule has 2 heterocycles. The van der Waals surface area contributed by atoms with Crippen LogP contribution in [0.15, 0.2) is 30.3 Å². The van der Waals surface area contributed by atoms with Crippen LogP contribution in [0.3, 0.4) is 0 Å². The van der Waals surface area contributed by atoms with Gasteiger partial charge in [0.2, 0.25) is 0 Å². The summed E-state index contributed by atoms with van der Waals surface area (Å²) in [6.07, 6.45) is 0.633. The average Bonchev–Trinajstić information content (AvgIpc) is 3.07. The first-order valence-corrected chi connectivity index (χ1v) is 11.8. The SMILES string of the molecule is Cc1ccccc1CSCC(=O)c1cc(C)n([C@@H]2CCS(=O)(=O)C2)c1C. The van der Waals surface area contributed by atoms with Crippen LogP contribution >= 0.6 is 11.8 Å². The fourth-order valence-corrected chi connectivity index (χ4v) is 6.39. The second-order valence-corrected chi connectivity index (χ2v) is 10.3. The van der Waals surface area contributed by atoms with Crippen LogP contribution in [0, 0.1) is 20.8 Å². The summed E-state index contributed by atoms with van der Waals surface area (Å²) in [7, 11) is -2.95. The van der Waals surface area contributed by atoms with Gasteiger partial charge in [-0.3, -0.25) is 4.79 Å².